The summed E-state index contributed by atoms with van der Waals surface area (Å²) in [7, 11) is 0. The predicted octanol–water partition coefficient (Wildman–Crippen LogP) is -4.40. The molecule has 0 radical (unpaired) electrons. The van der Waals surface area contributed by atoms with E-state index in [1.54, 1.807) is 0 Å². The van der Waals surface area contributed by atoms with Crippen molar-refractivity contribution in [2.45, 2.75) is 0 Å². The largest absolute Gasteiger partial charge is 1.00 e. The van der Waals surface area contributed by atoms with Gasteiger partial charge in [0.2, 0.25) is 0 Å². The van der Waals surface area contributed by atoms with Gasteiger partial charge in [-0.25, -0.2) is 0 Å². The van der Waals surface area contributed by atoms with Gasteiger partial charge in [-0.05, 0) is 0 Å². The van der Waals surface area contributed by atoms with E-state index >= 15 is 0 Å². The molecule has 0 atom stereocenters. The molecular formula is C6H14ClK2N. The zero-order chi connectivity index (χ0) is 5.54. The molecule has 0 spiro atoms. The Morgan fingerprint density at radius 1 is 1.10 bits per heavy atom. The van der Waals surface area contributed by atoms with Crippen molar-refractivity contribution < 1.29 is 106 Å². The fraction of sp³-hybridized carbons (Fsp3) is 0.333. The second kappa shape index (κ2) is 22.7. The van der Waals surface area contributed by atoms with Crippen LogP contribution in [-0.4, -0.2) is 13.1 Å². The number of hydrogen-bond donors (Lipinski definition) is 1. The molecule has 0 aliphatic rings. The zero-order valence-corrected chi connectivity index (χ0v) is 14.0. The van der Waals surface area contributed by atoms with E-state index in [2.05, 4.69) is 18.5 Å². The Morgan fingerprint density at radius 2 is 1.40 bits per heavy atom. The predicted molar refractivity (Wildman–Crippen MR) is 42.7 cm³/mol. The van der Waals surface area contributed by atoms with Crippen molar-refractivity contribution in [3.05, 3.63) is 25.3 Å². The van der Waals surface area contributed by atoms with Crippen molar-refractivity contribution in [2.24, 2.45) is 0 Å². The van der Waals surface area contributed by atoms with Crippen LogP contribution in [0.2, 0.25) is 0 Å². The van der Waals surface area contributed by atoms with E-state index in [-0.39, 0.29) is 118 Å². The van der Waals surface area contributed by atoms with Crippen molar-refractivity contribution in [3.63, 3.8) is 0 Å². The molecule has 4 heteroatoms. The van der Waals surface area contributed by atoms with Gasteiger partial charge in [0, 0.05) is 13.1 Å². The number of hydrogen-bond acceptors (Lipinski definition) is 1. The molecule has 0 amide bonds. The maximum atomic E-state index is 3.54. The summed E-state index contributed by atoms with van der Waals surface area (Å²) in [5, 5.41) is 3.05. The van der Waals surface area contributed by atoms with Gasteiger partial charge in [0.25, 0.3) is 0 Å². The Balaban J connectivity index is -0.0000000180. The van der Waals surface area contributed by atoms with E-state index in [0.29, 0.717) is 0 Å². The van der Waals surface area contributed by atoms with E-state index in [0.717, 1.165) is 13.1 Å². The number of rotatable bonds is 4. The van der Waals surface area contributed by atoms with Gasteiger partial charge in [-0.2, -0.15) is 0 Å². The summed E-state index contributed by atoms with van der Waals surface area (Å²) in [6.07, 6.45) is 3.65. The maximum absolute atomic E-state index is 3.54. The van der Waals surface area contributed by atoms with E-state index < -0.39 is 0 Å². The second-order valence-electron chi connectivity index (χ2n) is 1.24. The Kier molecular flexibility index (Phi) is 52.4. The van der Waals surface area contributed by atoms with E-state index in [4.69, 9.17) is 0 Å². The first kappa shape index (κ1) is 23.1. The van der Waals surface area contributed by atoms with Crippen LogP contribution in [0.3, 0.4) is 0 Å². The first-order chi connectivity index (χ1) is 3.41. The quantitative estimate of drug-likeness (QED) is 0.283. The van der Waals surface area contributed by atoms with Crippen LogP contribution >= 0.6 is 12.4 Å². The molecule has 0 aliphatic heterocycles. The molecule has 0 bridgehead atoms. The van der Waals surface area contributed by atoms with Crippen LogP contribution < -0.4 is 108 Å². The molecule has 52 valence electrons. The van der Waals surface area contributed by atoms with Crippen LogP contribution in [-0.2, 0) is 0 Å². The SMILES string of the molecule is C=CCNCC=C.Cl.[H-].[H-].[K+].[K+]. The Labute approximate surface area is 158 Å². The van der Waals surface area contributed by atoms with Crippen LogP contribution in [0.25, 0.3) is 0 Å². The van der Waals surface area contributed by atoms with E-state index in [1.807, 2.05) is 12.2 Å². The summed E-state index contributed by atoms with van der Waals surface area (Å²) in [6, 6.07) is 0. The molecule has 0 aromatic rings. The van der Waals surface area contributed by atoms with Gasteiger partial charge in [-0.3, -0.25) is 0 Å². The smallest absolute Gasteiger partial charge is 1.00 e. The van der Waals surface area contributed by atoms with Crippen LogP contribution in [0.5, 0.6) is 0 Å². The standard InChI is InChI=1S/C6H11N.ClH.2K.2H/c1-3-5-7-6-4-2;;;;;/h3-4,7H,1-2,5-6H2;1H;;;;/q;;2*+1;2*-1. The van der Waals surface area contributed by atoms with E-state index in [1.165, 1.54) is 0 Å². The van der Waals surface area contributed by atoms with Crippen molar-refractivity contribution in [2.75, 3.05) is 13.1 Å². The molecule has 0 saturated carbocycles. The molecule has 0 saturated heterocycles. The minimum atomic E-state index is 0. The molecule has 0 heterocycles. The van der Waals surface area contributed by atoms with Crippen LogP contribution in [0.4, 0.5) is 0 Å². The monoisotopic (exact) mass is 213 g/mol. The third-order valence-corrected chi connectivity index (χ3v) is 0.577. The Hall–Kier alpha value is 3.00. The maximum Gasteiger partial charge on any atom is 1.00 e. The minimum Gasteiger partial charge on any atom is -1.00 e. The summed E-state index contributed by atoms with van der Waals surface area (Å²) in [5.41, 5.74) is 0. The van der Waals surface area contributed by atoms with Crippen LogP contribution in [0.15, 0.2) is 25.3 Å². The molecule has 0 rings (SSSR count). The molecule has 1 N–H and O–H groups in total. The molecule has 1 nitrogen and oxygen atoms in total. The van der Waals surface area contributed by atoms with Gasteiger partial charge in [0.15, 0.2) is 0 Å². The average molecular weight is 214 g/mol. The summed E-state index contributed by atoms with van der Waals surface area (Å²) in [5.74, 6) is 0. The fourth-order valence-electron chi connectivity index (χ4n) is 0.287. The topological polar surface area (TPSA) is 12.0 Å². The molecule has 0 aromatic carbocycles. The Morgan fingerprint density at radius 3 is 1.60 bits per heavy atom. The summed E-state index contributed by atoms with van der Waals surface area (Å²) < 4.78 is 0. The molecule has 0 fully saturated rings. The molecule has 10 heavy (non-hydrogen) atoms. The van der Waals surface area contributed by atoms with Gasteiger partial charge < -0.3 is 8.17 Å². The third kappa shape index (κ3) is 22.4. The van der Waals surface area contributed by atoms with Crippen molar-refractivity contribution >= 4 is 12.4 Å². The van der Waals surface area contributed by atoms with E-state index in [9.17, 15) is 0 Å². The molecule has 0 aliphatic carbocycles. The summed E-state index contributed by atoms with van der Waals surface area (Å²) >= 11 is 0. The van der Waals surface area contributed by atoms with Gasteiger partial charge in [0.1, 0.15) is 0 Å². The fourth-order valence-corrected chi connectivity index (χ4v) is 0.287. The Bertz CT molecular complexity index is 68.6. The van der Waals surface area contributed by atoms with Crippen molar-refractivity contribution in [1.82, 2.24) is 5.32 Å². The summed E-state index contributed by atoms with van der Waals surface area (Å²) in [6.45, 7) is 8.81. The zero-order valence-electron chi connectivity index (χ0n) is 8.89. The first-order valence-corrected chi connectivity index (χ1v) is 2.34. The van der Waals surface area contributed by atoms with Gasteiger partial charge in [-0.1, -0.05) is 12.2 Å². The number of halogens is 1. The van der Waals surface area contributed by atoms with Gasteiger partial charge >= 0.3 is 103 Å². The van der Waals surface area contributed by atoms with Crippen LogP contribution in [0.1, 0.15) is 2.85 Å². The van der Waals surface area contributed by atoms with Crippen LogP contribution in [0, 0.1) is 0 Å². The third-order valence-electron chi connectivity index (χ3n) is 0.577. The van der Waals surface area contributed by atoms with Crippen molar-refractivity contribution in [1.29, 1.82) is 0 Å². The van der Waals surface area contributed by atoms with Gasteiger partial charge in [0.05, 0.1) is 0 Å². The normalized spacial score (nSPS) is 5.60. The summed E-state index contributed by atoms with van der Waals surface area (Å²) in [4.78, 5) is 0. The minimum absolute atomic E-state index is 0. The molecule has 0 aromatic heterocycles. The van der Waals surface area contributed by atoms with Gasteiger partial charge in [-0.15, -0.1) is 25.6 Å². The molecular weight excluding hydrogens is 200 g/mol. The molecule has 0 unspecified atom stereocenters. The second-order valence-corrected chi connectivity index (χ2v) is 1.24. The average Bonchev–Trinajstić information content (AvgIpc) is 1.69. The number of nitrogens with one attached hydrogen (secondary N) is 1. The first-order valence-electron chi connectivity index (χ1n) is 2.34. The van der Waals surface area contributed by atoms with Crippen molar-refractivity contribution in [3.8, 4) is 0 Å².